The Morgan fingerprint density at radius 1 is 1.53 bits per heavy atom. The monoisotopic (exact) mass is 288 g/mol. The highest BCUT2D eigenvalue weighted by molar-refractivity contribution is 6.29. The molecule has 1 saturated heterocycles. The predicted molar refractivity (Wildman–Crippen MR) is 78.4 cm³/mol. The number of rotatable bonds is 3. The van der Waals surface area contributed by atoms with Crippen molar-refractivity contribution in [3.63, 3.8) is 0 Å². The van der Waals surface area contributed by atoms with Gasteiger partial charge in [-0.1, -0.05) is 25.1 Å². The first-order valence-electron chi connectivity index (χ1n) is 6.72. The van der Waals surface area contributed by atoms with Gasteiger partial charge >= 0.3 is 6.09 Å². The van der Waals surface area contributed by atoms with Gasteiger partial charge in [-0.2, -0.15) is 0 Å². The van der Waals surface area contributed by atoms with Gasteiger partial charge in [0.05, 0.1) is 0 Å². The molecule has 0 aromatic heterocycles. The Hall–Kier alpha value is -0.740. The fraction of sp³-hybridized carbons (Fsp3) is 0.786. The molecule has 1 fully saturated rings. The Kier molecular flexibility index (Phi) is 5.68. The quantitative estimate of drug-likeness (QED) is 0.868. The lowest BCUT2D eigenvalue weighted by Gasteiger charge is -2.37. The summed E-state index contributed by atoms with van der Waals surface area (Å²) in [5.41, 5.74) is -0.454. The Bertz CT molecular complexity index is 339. The van der Waals surface area contributed by atoms with Gasteiger partial charge in [0.25, 0.3) is 0 Å². The van der Waals surface area contributed by atoms with Crippen molar-refractivity contribution in [2.75, 3.05) is 19.6 Å². The molecule has 110 valence electrons. The van der Waals surface area contributed by atoms with Crippen molar-refractivity contribution < 1.29 is 9.53 Å². The lowest BCUT2D eigenvalue weighted by atomic mass is 9.94. The van der Waals surface area contributed by atoms with Crippen LogP contribution < -0.4 is 5.32 Å². The summed E-state index contributed by atoms with van der Waals surface area (Å²) in [6, 6.07) is 0.162. The number of alkyl carbamates (subject to hydrolysis) is 1. The van der Waals surface area contributed by atoms with E-state index in [0.717, 1.165) is 19.5 Å². The second-order valence-corrected chi connectivity index (χ2v) is 6.81. The minimum atomic E-state index is -0.454. The summed E-state index contributed by atoms with van der Waals surface area (Å²) in [6.45, 7) is 14.0. The minimum absolute atomic E-state index is 0.162. The van der Waals surface area contributed by atoms with E-state index in [0.29, 0.717) is 17.5 Å². The van der Waals surface area contributed by atoms with Crippen LogP contribution in [0.1, 0.15) is 34.1 Å². The van der Waals surface area contributed by atoms with E-state index in [2.05, 4.69) is 23.7 Å². The molecule has 1 aliphatic rings. The molecule has 1 aliphatic heterocycles. The fourth-order valence-corrected chi connectivity index (χ4v) is 2.46. The van der Waals surface area contributed by atoms with Gasteiger partial charge in [-0.3, -0.25) is 4.90 Å². The molecule has 0 saturated carbocycles. The van der Waals surface area contributed by atoms with E-state index in [1.165, 1.54) is 0 Å². The summed E-state index contributed by atoms with van der Waals surface area (Å²) in [7, 11) is 0. The number of ether oxygens (including phenoxy) is 1. The average molecular weight is 289 g/mol. The molecule has 2 atom stereocenters. The van der Waals surface area contributed by atoms with E-state index >= 15 is 0 Å². The highest BCUT2D eigenvalue weighted by Crippen LogP contribution is 2.19. The topological polar surface area (TPSA) is 41.6 Å². The van der Waals surface area contributed by atoms with E-state index in [1.54, 1.807) is 0 Å². The standard InChI is InChI=1S/C14H25ClN2O2/c1-10-8-17(9-11(2)15)7-6-12(10)16-13(18)19-14(3,4)5/h10,12H,2,6-9H2,1,3-5H3,(H,16,18)/t10-,12-/m1/s1. The van der Waals surface area contributed by atoms with Crippen molar-refractivity contribution in [3.05, 3.63) is 11.6 Å². The van der Waals surface area contributed by atoms with Crippen LogP contribution in [-0.2, 0) is 4.74 Å². The number of nitrogens with one attached hydrogen (secondary N) is 1. The van der Waals surface area contributed by atoms with Gasteiger partial charge in [0.1, 0.15) is 5.60 Å². The molecule has 19 heavy (non-hydrogen) atoms. The van der Waals surface area contributed by atoms with Gasteiger partial charge in [0, 0.05) is 30.7 Å². The molecule has 0 aromatic carbocycles. The summed E-state index contributed by atoms with van der Waals surface area (Å²) in [5.74, 6) is 0.372. The number of halogens is 1. The molecule has 0 unspecified atom stereocenters. The van der Waals surface area contributed by atoms with Gasteiger partial charge in [-0.25, -0.2) is 4.79 Å². The van der Waals surface area contributed by atoms with Crippen LogP contribution in [-0.4, -0.2) is 42.3 Å². The lowest BCUT2D eigenvalue weighted by Crippen LogP contribution is -2.51. The highest BCUT2D eigenvalue weighted by atomic mass is 35.5. The fourth-order valence-electron chi connectivity index (χ4n) is 2.29. The van der Waals surface area contributed by atoms with Crippen LogP contribution >= 0.6 is 11.6 Å². The van der Waals surface area contributed by atoms with E-state index in [9.17, 15) is 4.79 Å². The SMILES string of the molecule is C=C(Cl)CN1CC[C@@H](NC(=O)OC(C)(C)C)[C@H](C)C1. The summed E-state index contributed by atoms with van der Waals surface area (Å²) < 4.78 is 5.28. The molecule has 0 bridgehead atoms. The van der Waals surface area contributed by atoms with Crippen LogP contribution in [0.25, 0.3) is 0 Å². The van der Waals surface area contributed by atoms with Crippen molar-refractivity contribution in [3.8, 4) is 0 Å². The number of hydrogen-bond donors (Lipinski definition) is 1. The van der Waals surface area contributed by atoms with Crippen LogP contribution in [0.3, 0.4) is 0 Å². The van der Waals surface area contributed by atoms with Crippen LogP contribution in [0.4, 0.5) is 4.79 Å². The first-order chi connectivity index (χ1) is 8.67. The summed E-state index contributed by atoms with van der Waals surface area (Å²) in [4.78, 5) is 14.0. The molecule has 0 aliphatic carbocycles. The van der Waals surface area contributed by atoms with Crippen molar-refractivity contribution >= 4 is 17.7 Å². The number of carbonyl (C=O) groups excluding carboxylic acids is 1. The molecule has 1 rings (SSSR count). The van der Waals surface area contributed by atoms with Gasteiger partial charge in [0.2, 0.25) is 0 Å². The number of nitrogens with zero attached hydrogens (tertiary/aromatic N) is 1. The summed E-state index contributed by atoms with van der Waals surface area (Å²) in [5, 5.41) is 3.61. The molecule has 1 heterocycles. The van der Waals surface area contributed by atoms with Crippen molar-refractivity contribution in [1.82, 2.24) is 10.2 Å². The number of hydrogen-bond acceptors (Lipinski definition) is 3. The first-order valence-corrected chi connectivity index (χ1v) is 7.10. The van der Waals surface area contributed by atoms with E-state index < -0.39 is 5.60 Å². The third-order valence-electron chi connectivity index (χ3n) is 3.09. The van der Waals surface area contributed by atoms with Crippen LogP contribution in [0.15, 0.2) is 11.6 Å². The first kappa shape index (κ1) is 16.3. The third-order valence-corrected chi connectivity index (χ3v) is 3.21. The molecule has 0 spiro atoms. The predicted octanol–water partition coefficient (Wildman–Crippen LogP) is 2.97. The number of carbonyl (C=O) groups is 1. The molecule has 0 radical (unpaired) electrons. The van der Waals surface area contributed by atoms with Gasteiger partial charge in [-0.05, 0) is 33.1 Å². The van der Waals surface area contributed by atoms with Crippen LogP contribution in [0.2, 0.25) is 0 Å². The van der Waals surface area contributed by atoms with Gasteiger partial charge in [-0.15, -0.1) is 0 Å². The Morgan fingerprint density at radius 2 is 2.16 bits per heavy atom. The van der Waals surface area contributed by atoms with Crippen LogP contribution in [0.5, 0.6) is 0 Å². The number of amides is 1. The average Bonchev–Trinajstić information content (AvgIpc) is 2.18. The molecular weight excluding hydrogens is 264 g/mol. The largest absolute Gasteiger partial charge is 0.444 e. The maximum Gasteiger partial charge on any atom is 0.407 e. The summed E-state index contributed by atoms with van der Waals surface area (Å²) in [6.07, 6.45) is 0.574. The molecule has 4 nitrogen and oxygen atoms in total. The zero-order valence-electron chi connectivity index (χ0n) is 12.3. The van der Waals surface area contributed by atoms with Crippen molar-refractivity contribution in [2.45, 2.75) is 45.8 Å². The second-order valence-electron chi connectivity index (χ2n) is 6.27. The van der Waals surface area contributed by atoms with E-state index in [-0.39, 0.29) is 12.1 Å². The van der Waals surface area contributed by atoms with E-state index in [4.69, 9.17) is 16.3 Å². The van der Waals surface area contributed by atoms with Gasteiger partial charge in [0.15, 0.2) is 0 Å². The third kappa shape index (κ3) is 6.30. The zero-order valence-corrected chi connectivity index (χ0v) is 13.1. The summed E-state index contributed by atoms with van der Waals surface area (Å²) >= 11 is 5.83. The second kappa shape index (κ2) is 6.62. The molecular formula is C14H25ClN2O2. The maximum absolute atomic E-state index is 11.7. The minimum Gasteiger partial charge on any atom is -0.444 e. The Balaban J connectivity index is 2.41. The van der Waals surface area contributed by atoms with Gasteiger partial charge < -0.3 is 10.1 Å². The van der Waals surface area contributed by atoms with E-state index in [1.807, 2.05) is 20.8 Å². The lowest BCUT2D eigenvalue weighted by molar-refractivity contribution is 0.0447. The van der Waals surface area contributed by atoms with Crippen molar-refractivity contribution in [1.29, 1.82) is 0 Å². The zero-order chi connectivity index (χ0) is 14.6. The normalized spacial score (nSPS) is 24.9. The Labute approximate surface area is 121 Å². The number of piperidine rings is 1. The van der Waals surface area contributed by atoms with Crippen molar-refractivity contribution in [2.24, 2.45) is 5.92 Å². The highest BCUT2D eigenvalue weighted by Gasteiger charge is 2.28. The molecule has 1 amide bonds. The maximum atomic E-state index is 11.7. The molecule has 0 aromatic rings. The number of likely N-dealkylation sites (tertiary alicyclic amines) is 1. The molecule has 5 heteroatoms. The van der Waals surface area contributed by atoms with Crippen LogP contribution in [0, 0.1) is 5.92 Å². The Morgan fingerprint density at radius 3 is 2.63 bits per heavy atom. The smallest absolute Gasteiger partial charge is 0.407 e. The molecule has 1 N–H and O–H groups in total.